The van der Waals surface area contributed by atoms with Crippen molar-refractivity contribution in [1.82, 2.24) is 0 Å². The van der Waals surface area contributed by atoms with Crippen LogP contribution in [0, 0.1) is 0 Å². The van der Waals surface area contributed by atoms with E-state index in [4.69, 9.17) is 9.47 Å². The lowest BCUT2D eigenvalue weighted by Crippen LogP contribution is -2.51. The van der Waals surface area contributed by atoms with E-state index in [-0.39, 0.29) is 0 Å². The Morgan fingerprint density at radius 1 is 0.500 bits per heavy atom. The van der Waals surface area contributed by atoms with E-state index in [0.29, 0.717) is 47.0 Å². The number of ether oxygens (including phenoxy) is 2. The maximum Gasteiger partial charge on any atom is 0.155 e. The van der Waals surface area contributed by atoms with Gasteiger partial charge in [0.05, 0.1) is 13.2 Å². The minimum Gasteiger partial charge on any atom is -0.493 e. The van der Waals surface area contributed by atoms with Gasteiger partial charge in [-0.3, -0.25) is 0 Å². The summed E-state index contributed by atoms with van der Waals surface area (Å²) in [6, 6.07) is 33.6. The zero-order valence-corrected chi connectivity index (χ0v) is 22.3. The third-order valence-electron chi connectivity index (χ3n) is 6.97. The van der Waals surface area contributed by atoms with Crippen LogP contribution in [0.1, 0.15) is 61.8 Å². The van der Waals surface area contributed by atoms with E-state index in [1.807, 2.05) is 109 Å². The number of aliphatic hydroxyl groups is 2. The largest absolute Gasteiger partial charge is 0.493 e. The number of unbranched alkanes of at least 4 members (excludes halogenated alkanes) is 2. The standard InChI is InChI=1S/C34H38O4/c1-3-5-25-37-31-23-15-13-21-29(31)33(35,27-17-9-7-10-18-27)34(36,28-19-11-8-12-20-28)30-22-14-16-24-32(30)38-26-6-4-2/h7-24,35-36H,3-6,25-26H2,1-2H3/t33-,34-/m1/s1. The maximum absolute atomic E-state index is 13.1. The van der Waals surface area contributed by atoms with E-state index in [9.17, 15) is 10.2 Å². The summed E-state index contributed by atoms with van der Waals surface area (Å²) in [6.45, 7) is 5.25. The molecule has 0 bridgehead atoms. The number of para-hydroxylation sites is 2. The van der Waals surface area contributed by atoms with Gasteiger partial charge in [-0.25, -0.2) is 0 Å². The van der Waals surface area contributed by atoms with E-state index in [1.165, 1.54) is 0 Å². The van der Waals surface area contributed by atoms with Gasteiger partial charge in [0.25, 0.3) is 0 Å². The highest BCUT2D eigenvalue weighted by atomic mass is 16.5. The zero-order chi connectivity index (χ0) is 26.8. The van der Waals surface area contributed by atoms with Crippen LogP contribution in [-0.2, 0) is 11.2 Å². The van der Waals surface area contributed by atoms with Crippen molar-refractivity contribution >= 4 is 0 Å². The Morgan fingerprint density at radius 2 is 0.842 bits per heavy atom. The second-order valence-corrected chi connectivity index (χ2v) is 9.55. The summed E-state index contributed by atoms with van der Waals surface area (Å²) in [5.41, 5.74) is -1.80. The van der Waals surface area contributed by atoms with Gasteiger partial charge >= 0.3 is 0 Å². The number of rotatable bonds is 13. The molecule has 198 valence electrons. The van der Waals surface area contributed by atoms with Gasteiger partial charge in [0, 0.05) is 11.1 Å². The molecule has 0 heterocycles. The molecule has 0 saturated heterocycles. The molecule has 38 heavy (non-hydrogen) atoms. The van der Waals surface area contributed by atoms with Crippen LogP contribution in [-0.4, -0.2) is 23.4 Å². The summed E-state index contributed by atoms with van der Waals surface area (Å²) in [7, 11) is 0. The van der Waals surface area contributed by atoms with Crippen LogP contribution in [0.4, 0.5) is 0 Å². The summed E-state index contributed by atoms with van der Waals surface area (Å²) in [5, 5.41) is 26.3. The third kappa shape index (κ3) is 5.33. The first-order chi connectivity index (χ1) is 18.6. The van der Waals surface area contributed by atoms with E-state index in [1.54, 1.807) is 0 Å². The first-order valence-electron chi connectivity index (χ1n) is 13.6. The van der Waals surface area contributed by atoms with Crippen LogP contribution in [0.5, 0.6) is 11.5 Å². The van der Waals surface area contributed by atoms with Crippen LogP contribution >= 0.6 is 0 Å². The highest BCUT2D eigenvalue weighted by Crippen LogP contribution is 2.53. The fraction of sp³-hybridized carbons (Fsp3) is 0.294. The Morgan fingerprint density at radius 3 is 1.21 bits per heavy atom. The number of hydrogen-bond acceptors (Lipinski definition) is 4. The molecule has 0 aliphatic heterocycles. The van der Waals surface area contributed by atoms with Gasteiger partial charge < -0.3 is 19.7 Å². The summed E-state index contributed by atoms with van der Waals surface area (Å²) in [6.07, 6.45) is 3.74. The normalized spacial score (nSPS) is 14.3. The molecule has 0 aliphatic carbocycles. The fourth-order valence-electron chi connectivity index (χ4n) is 4.91. The molecule has 0 amide bonds. The smallest absolute Gasteiger partial charge is 0.155 e. The minimum atomic E-state index is -1.93. The SMILES string of the molecule is CCCCOc1ccccc1[C@](O)(c1ccccc1)[C@@](O)(c1ccccc1)c1ccccc1OCCCC. The molecule has 4 heteroatoms. The van der Waals surface area contributed by atoms with Crippen LogP contribution in [0.25, 0.3) is 0 Å². The van der Waals surface area contributed by atoms with Crippen molar-refractivity contribution in [1.29, 1.82) is 0 Å². The second kappa shape index (κ2) is 12.8. The molecule has 0 saturated carbocycles. The molecule has 4 aromatic carbocycles. The fourth-order valence-corrected chi connectivity index (χ4v) is 4.91. The van der Waals surface area contributed by atoms with Crippen LogP contribution < -0.4 is 9.47 Å². The quantitative estimate of drug-likeness (QED) is 0.187. The first-order valence-corrected chi connectivity index (χ1v) is 13.6. The second-order valence-electron chi connectivity index (χ2n) is 9.55. The van der Waals surface area contributed by atoms with Gasteiger partial charge in [0.15, 0.2) is 11.2 Å². The minimum absolute atomic E-state index is 0.483. The molecule has 2 atom stereocenters. The molecular formula is C34H38O4. The van der Waals surface area contributed by atoms with Gasteiger partial charge in [0.1, 0.15) is 11.5 Å². The summed E-state index contributed by atoms with van der Waals surface area (Å²) >= 11 is 0. The van der Waals surface area contributed by atoms with Crippen molar-refractivity contribution in [3.05, 3.63) is 131 Å². The Kier molecular flexibility index (Phi) is 9.22. The Labute approximate surface area is 226 Å². The predicted molar refractivity (Wildman–Crippen MR) is 153 cm³/mol. The van der Waals surface area contributed by atoms with E-state index < -0.39 is 11.2 Å². The molecule has 4 rings (SSSR count). The molecule has 0 spiro atoms. The Bertz CT molecular complexity index is 1170. The van der Waals surface area contributed by atoms with Crippen molar-refractivity contribution in [3.8, 4) is 11.5 Å². The molecule has 2 N–H and O–H groups in total. The lowest BCUT2D eigenvalue weighted by molar-refractivity contribution is -0.115. The van der Waals surface area contributed by atoms with Crippen LogP contribution in [0.15, 0.2) is 109 Å². The van der Waals surface area contributed by atoms with Gasteiger partial charge in [-0.1, -0.05) is 124 Å². The van der Waals surface area contributed by atoms with E-state index in [0.717, 1.165) is 25.7 Å². The molecule has 4 nitrogen and oxygen atoms in total. The molecule has 4 aromatic rings. The highest BCUT2D eigenvalue weighted by Gasteiger charge is 2.56. The summed E-state index contributed by atoms with van der Waals surface area (Å²) in [5.74, 6) is 1.07. The predicted octanol–water partition coefficient (Wildman–Crippen LogP) is 7.22. The van der Waals surface area contributed by atoms with Crippen molar-refractivity contribution in [2.24, 2.45) is 0 Å². The molecule has 0 aromatic heterocycles. The van der Waals surface area contributed by atoms with Gasteiger partial charge in [0.2, 0.25) is 0 Å². The van der Waals surface area contributed by atoms with E-state index in [2.05, 4.69) is 13.8 Å². The summed E-state index contributed by atoms with van der Waals surface area (Å²) in [4.78, 5) is 0. The number of hydrogen-bond donors (Lipinski definition) is 2. The summed E-state index contributed by atoms with van der Waals surface area (Å²) < 4.78 is 12.4. The Hall–Kier alpha value is -3.60. The molecule has 0 fully saturated rings. The Balaban J connectivity index is 2.04. The van der Waals surface area contributed by atoms with Gasteiger partial charge in [-0.15, -0.1) is 0 Å². The average Bonchev–Trinajstić information content (AvgIpc) is 2.98. The third-order valence-corrected chi connectivity index (χ3v) is 6.97. The monoisotopic (exact) mass is 510 g/mol. The zero-order valence-electron chi connectivity index (χ0n) is 22.3. The molecule has 0 radical (unpaired) electrons. The van der Waals surface area contributed by atoms with Crippen molar-refractivity contribution in [3.63, 3.8) is 0 Å². The maximum atomic E-state index is 13.1. The van der Waals surface area contributed by atoms with Crippen molar-refractivity contribution in [2.75, 3.05) is 13.2 Å². The lowest BCUT2D eigenvalue weighted by atomic mass is 9.66. The molecular weight excluding hydrogens is 472 g/mol. The van der Waals surface area contributed by atoms with Crippen molar-refractivity contribution in [2.45, 2.75) is 50.7 Å². The first kappa shape index (κ1) is 27.4. The topological polar surface area (TPSA) is 58.9 Å². The average molecular weight is 511 g/mol. The van der Waals surface area contributed by atoms with Gasteiger partial charge in [-0.05, 0) is 36.1 Å². The van der Waals surface area contributed by atoms with E-state index >= 15 is 0 Å². The van der Waals surface area contributed by atoms with Crippen LogP contribution in [0.3, 0.4) is 0 Å². The molecule has 0 unspecified atom stereocenters. The van der Waals surface area contributed by atoms with Crippen LogP contribution in [0.2, 0.25) is 0 Å². The number of benzene rings is 4. The molecule has 0 aliphatic rings. The van der Waals surface area contributed by atoms with Crippen molar-refractivity contribution < 1.29 is 19.7 Å². The van der Waals surface area contributed by atoms with Gasteiger partial charge in [-0.2, -0.15) is 0 Å². The lowest BCUT2D eigenvalue weighted by Gasteiger charge is -2.46. The highest BCUT2D eigenvalue weighted by molar-refractivity contribution is 5.57.